The maximum absolute atomic E-state index is 6.09. The molecule has 0 unspecified atom stereocenters. The highest BCUT2D eigenvalue weighted by atomic mass is 35.5. The molecule has 0 spiro atoms. The van der Waals surface area contributed by atoms with E-state index in [9.17, 15) is 0 Å². The summed E-state index contributed by atoms with van der Waals surface area (Å²) in [5, 5.41) is 6.86. The van der Waals surface area contributed by atoms with Crippen LogP contribution in [0.4, 0.5) is 0 Å². The van der Waals surface area contributed by atoms with Gasteiger partial charge >= 0.3 is 0 Å². The van der Waals surface area contributed by atoms with Crippen molar-refractivity contribution < 1.29 is 18.4 Å². The van der Waals surface area contributed by atoms with E-state index in [4.69, 9.17) is 30.0 Å². The third-order valence-corrected chi connectivity index (χ3v) is 5.04. The van der Waals surface area contributed by atoms with Crippen molar-refractivity contribution in [3.8, 4) is 34.5 Å². The summed E-state index contributed by atoms with van der Waals surface area (Å²) in [6.45, 7) is 0.279. The fourth-order valence-corrected chi connectivity index (χ4v) is 3.44. The zero-order valence-corrected chi connectivity index (χ0v) is 17.3. The van der Waals surface area contributed by atoms with Gasteiger partial charge in [0.2, 0.25) is 5.82 Å². The van der Waals surface area contributed by atoms with Crippen molar-refractivity contribution in [2.45, 2.75) is 6.61 Å². The first-order valence-electron chi connectivity index (χ1n) is 9.58. The Morgan fingerprint density at radius 1 is 0.935 bits per heavy atom. The summed E-state index contributed by atoms with van der Waals surface area (Å²) < 4.78 is 22.4. The molecule has 6 nitrogen and oxygen atoms in total. The second-order valence-electron chi connectivity index (χ2n) is 6.83. The number of benzene rings is 3. The van der Waals surface area contributed by atoms with Crippen molar-refractivity contribution in [1.29, 1.82) is 0 Å². The van der Waals surface area contributed by atoms with Crippen molar-refractivity contribution >= 4 is 22.4 Å². The Morgan fingerprint density at radius 3 is 2.68 bits per heavy atom. The first-order chi connectivity index (χ1) is 15.2. The molecule has 31 heavy (non-hydrogen) atoms. The average molecular weight is 433 g/mol. The zero-order chi connectivity index (χ0) is 21.2. The SMILES string of the molecule is COc1ccc(Cl)cc1-c1noc(-c2ccc(COc3ccc4ccccc4c3)o2)n1. The third kappa shape index (κ3) is 3.98. The number of furan rings is 1. The van der Waals surface area contributed by atoms with Crippen molar-refractivity contribution in [2.75, 3.05) is 7.11 Å². The molecular weight excluding hydrogens is 416 g/mol. The van der Waals surface area contributed by atoms with Crippen LogP contribution in [0.3, 0.4) is 0 Å². The summed E-state index contributed by atoms with van der Waals surface area (Å²) in [5.41, 5.74) is 0.636. The molecule has 5 aromatic rings. The third-order valence-electron chi connectivity index (χ3n) is 4.80. The first-order valence-corrected chi connectivity index (χ1v) is 9.96. The Bertz CT molecular complexity index is 1360. The molecule has 0 radical (unpaired) electrons. The maximum Gasteiger partial charge on any atom is 0.293 e. The number of hydrogen-bond acceptors (Lipinski definition) is 6. The minimum atomic E-state index is 0.258. The van der Waals surface area contributed by atoms with Crippen LogP contribution in [0.2, 0.25) is 5.02 Å². The minimum absolute atomic E-state index is 0.258. The molecule has 3 aromatic carbocycles. The number of rotatable bonds is 6. The number of aromatic nitrogens is 2. The lowest BCUT2D eigenvalue weighted by molar-refractivity contribution is 0.270. The Balaban J connectivity index is 1.32. The van der Waals surface area contributed by atoms with Crippen molar-refractivity contribution in [1.82, 2.24) is 10.1 Å². The number of ether oxygens (including phenoxy) is 2. The highest BCUT2D eigenvalue weighted by Crippen LogP contribution is 2.32. The van der Waals surface area contributed by atoms with Crippen LogP contribution in [0.25, 0.3) is 33.8 Å². The molecule has 2 heterocycles. The van der Waals surface area contributed by atoms with Gasteiger partial charge < -0.3 is 18.4 Å². The summed E-state index contributed by atoms with van der Waals surface area (Å²) >= 11 is 6.09. The van der Waals surface area contributed by atoms with Crippen LogP contribution in [0.15, 0.2) is 81.7 Å². The molecule has 0 amide bonds. The molecule has 7 heteroatoms. The summed E-state index contributed by atoms with van der Waals surface area (Å²) in [5.74, 6) is 3.08. The molecule has 0 fully saturated rings. The van der Waals surface area contributed by atoms with E-state index >= 15 is 0 Å². The Labute approximate surface area is 183 Å². The number of nitrogens with zero attached hydrogens (tertiary/aromatic N) is 2. The molecule has 0 N–H and O–H groups in total. The van der Waals surface area contributed by atoms with Crippen LogP contribution < -0.4 is 9.47 Å². The van der Waals surface area contributed by atoms with Gasteiger partial charge in [0.15, 0.2) is 5.76 Å². The van der Waals surface area contributed by atoms with Crippen LogP contribution in [0.5, 0.6) is 11.5 Å². The summed E-state index contributed by atoms with van der Waals surface area (Å²) in [7, 11) is 1.57. The lowest BCUT2D eigenvalue weighted by atomic mass is 10.1. The monoisotopic (exact) mass is 432 g/mol. The van der Waals surface area contributed by atoms with Crippen molar-refractivity contribution in [3.05, 3.63) is 83.6 Å². The molecule has 0 aliphatic heterocycles. The molecule has 0 aliphatic rings. The fraction of sp³-hybridized carbons (Fsp3) is 0.0833. The first kappa shape index (κ1) is 19.2. The standard InChI is InChI=1S/C24H17ClN2O4/c1-28-21-10-7-17(25)13-20(21)23-26-24(31-27-23)22-11-9-19(30-22)14-29-18-8-6-15-4-2-3-5-16(15)12-18/h2-13H,14H2,1H3. The minimum Gasteiger partial charge on any atom is -0.496 e. The fourth-order valence-electron chi connectivity index (χ4n) is 3.27. The molecule has 2 aromatic heterocycles. The van der Waals surface area contributed by atoms with Crippen LogP contribution in [-0.2, 0) is 6.61 Å². The zero-order valence-electron chi connectivity index (χ0n) is 16.5. The van der Waals surface area contributed by atoms with Gasteiger partial charge in [-0.2, -0.15) is 4.98 Å². The predicted molar refractivity (Wildman–Crippen MR) is 117 cm³/mol. The summed E-state index contributed by atoms with van der Waals surface area (Å²) in [4.78, 5) is 4.42. The topological polar surface area (TPSA) is 70.5 Å². The lowest BCUT2D eigenvalue weighted by Gasteiger charge is -2.05. The maximum atomic E-state index is 6.09. The Hall–Kier alpha value is -3.77. The highest BCUT2D eigenvalue weighted by molar-refractivity contribution is 6.30. The van der Waals surface area contributed by atoms with E-state index in [1.165, 1.54) is 5.39 Å². The van der Waals surface area contributed by atoms with Crippen molar-refractivity contribution in [2.24, 2.45) is 0 Å². The van der Waals surface area contributed by atoms with E-state index in [1.807, 2.05) is 36.4 Å². The smallest absolute Gasteiger partial charge is 0.293 e. The number of fused-ring (bicyclic) bond motifs is 1. The van der Waals surface area contributed by atoms with Crippen LogP contribution in [0, 0.1) is 0 Å². The van der Waals surface area contributed by atoms with Gasteiger partial charge in [-0.15, -0.1) is 0 Å². The van der Waals surface area contributed by atoms with E-state index in [-0.39, 0.29) is 12.5 Å². The molecule has 0 saturated heterocycles. The molecule has 0 saturated carbocycles. The van der Waals surface area contributed by atoms with Gasteiger partial charge in [0.1, 0.15) is 23.9 Å². The molecular formula is C24H17ClN2O4. The highest BCUT2D eigenvalue weighted by Gasteiger charge is 2.17. The molecule has 0 aliphatic carbocycles. The second kappa shape index (κ2) is 8.16. The predicted octanol–water partition coefficient (Wildman–Crippen LogP) is 6.39. The van der Waals surface area contributed by atoms with Gasteiger partial charge in [-0.05, 0) is 53.2 Å². The molecule has 154 valence electrons. The number of hydrogen-bond donors (Lipinski definition) is 0. The molecule has 0 bridgehead atoms. The Kier molecular flexibility index (Phi) is 5.06. The van der Waals surface area contributed by atoms with Gasteiger partial charge in [0.25, 0.3) is 5.89 Å². The number of halogens is 1. The molecule has 5 rings (SSSR count). The van der Waals surface area contributed by atoms with Crippen LogP contribution in [0.1, 0.15) is 5.76 Å². The number of methoxy groups -OCH3 is 1. The van der Waals surface area contributed by atoms with Gasteiger partial charge in [-0.1, -0.05) is 47.1 Å². The van der Waals surface area contributed by atoms with E-state index in [2.05, 4.69) is 22.3 Å². The van der Waals surface area contributed by atoms with Gasteiger partial charge in [-0.25, -0.2) is 0 Å². The quantitative estimate of drug-likeness (QED) is 0.309. The average Bonchev–Trinajstić information content (AvgIpc) is 3.47. The Morgan fingerprint density at radius 2 is 1.81 bits per heavy atom. The van der Waals surface area contributed by atoms with E-state index in [0.717, 1.165) is 11.1 Å². The van der Waals surface area contributed by atoms with Gasteiger partial charge in [0, 0.05) is 5.02 Å². The normalized spacial score (nSPS) is 11.0. The van der Waals surface area contributed by atoms with Gasteiger partial charge in [-0.3, -0.25) is 0 Å². The largest absolute Gasteiger partial charge is 0.496 e. The lowest BCUT2D eigenvalue weighted by Crippen LogP contribution is -1.93. The van der Waals surface area contributed by atoms with Gasteiger partial charge in [0.05, 0.1) is 12.7 Å². The summed E-state index contributed by atoms with van der Waals surface area (Å²) in [6.07, 6.45) is 0. The van der Waals surface area contributed by atoms with E-state index in [0.29, 0.717) is 33.7 Å². The van der Waals surface area contributed by atoms with Crippen molar-refractivity contribution in [3.63, 3.8) is 0 Å². The molecule has 0 atom stereocenters. The van der Waals surface area contributed by atoms with Crippen LogP contribution >= 0.6 is 11.6 Å². The van der Waals surface area contributed by atoms with E-state index in [1.54, 1.807) is 31.4 Å². The van der Waals surface area contributed by atoms with Crippen LogP contribution in [-0.4, -0.2) is 17.3 Å². The summed E-state index contributed by atoms with van der Waals surface area (Å²) in [6, 6.07) is 22.9. The van der Waals surface area contributed by atoms with E-state index < -0.39 is 0 Å². The second-order valence-corrected chi connectivity index (χ2v) is 7.27.